The van der Waals surface area contributed by atoms with Crippen molar-refractivity contribution in [3.63, 3.8) is 0 Å². The molecule has 25 heavy (non-hydrogen) atoms. The largest absolute Gasteiger partial charge is 0.497 e. The van der Waals surface area contributed by atoms with Crippen LogP contribution in [0.2, 0.25) is 0 Å². The topological polar surface area (TPSA) is 58.6 Å². The van der Waals surface area contributed by atoms with E-state index in [1.54, 1.807) is 12.0 Å². The van der Waals surface area contributed by atoms with Gasteiger partial charge in [-0.1, -0.05) is 30.3 Å². The Morgan fingerprint density at radius 2 is 2.00 bits per heavy atom. The van der Waals surface area contributed by atoms with E-state index in [0.717, 1.165) is 29.0 Å². The molecule has 130 valence electrons. The van der Waals surface area contributed by atoms with Crippen LogP contribution in [0.15, 0.2) is 48.5 Å². The third-order valence-corrected chi connectivity index (χ3v) is 4.45. The Labute approximate surface area is 147 Å². The van der Waals surface area contributed by atoms with Gasteiger partial charge in [0.2, 0.25) is 0 Å². The average Bonchev–Trinajstić information content (AvgIpc) is 2.96. The number of ether oxygens (including phenoxy) is 1. The van der Waals surface area contributed by atoms with Gasteiger partial charge in [-0.15, -0.1) is 0 Å². The van der Waals surface area contributed by atoms with Crippen molar-refractivity contribution in [3.05, 3.63) is 59.7 Å². The van der Waals surface area contributed by atoms with E-state index in [-0.39, 0.29) is 6.04 Å². The lowest BCUT2D eigenvalue weighted by molar-refractivity contribution is -0.137. The number of hydrogen-bond acceptors (Lipinski definition) is 3. The van der Waals surface area contributed by atoms with Crippen LogP contribution in [0.1, 0.15) is 18.1 Å². The van der Waals surface area contributed by atoms with Gasteiger partial charge < -0.3 is 15.0 Å². The van der Waals surface area contributed by atoms with E-state index < -0.39 is 11.8 Å². The first-order valence-electron chi connectivity index (χ1n) is 8.42. The van der Waals surface area contributed by atoms with Crippen molar-refractivity contribution in [3.8, 4) is 5.75 Å². The monoisotopic (exact) mass is 338 g/mol. The van der Waals surface area contributed by atoms with Gasteiger partial charge in [0, 0.05) is 18.3 Å². The zero-order chi connectivity index (χ0) is 17.8. The Balaban J connectivity index is 1.59. The van der Waals surface area contributed by atoms with E-state index in [1.165, 1.54) is 0 Å². The molecule has 1 unspecified atom stereocenters. The van der Waals surface area contributed by atoms with E-state index in [1.807, 2.05) is 55.5 Å². The Morgan fingerprint density at radius 1 is 1.20 bits per heavy atom. The van der Waals surface area contributed by atoms with Crippen LogP contribution < -0.4 is 15.0 Å². The number of carbonyl (C=O) groups excluding carboxylic acids is 2. The number of methoxy groups -OCH3 is 1. The first-order valence-corrected chi connectivity index (χ1v) is 8.42. The molecule has 1 N–H and O–H groups in total. The van der Waals surface area contributed by atoms with Crippen molar-refractivity contribution in [2.75, 3.05) is 18.6 Å². The SMILES string of the molecule is COc1cccc(CCNC(=O)C(=O)N2c3ccccc3CC2C)c1. The van der Waals surface area contributed by atoms with E-state index in [9.17, 15) is 9.59 Å². The number of nitrogens with zero attached hydrogens (tertiary/aromatic N) is 1. The molecule has 2 aromatic rings. The second kappa shape index (κ2) is 7.38. The lowest BCUT2D eigenvalue weighted by atomic mass is 10.1. The van der Waals surface area contributed by atoms with Crippen LogP contribution in [0.25, 0.3) is 0 Å². The predicted octanol–water partition coefficient (Wildman–Crippen LogP) is 2.33. The molecule has 0 saturated heterocycles. The quantitative estimate of drug-likeness (QED) is 0.871. The van der Waals surface area contributed by atoms with Crippen molar-refractivity contribution < 1.29 is 14.3 Å². The maximum absolute atomic E-state index is 12.6. The van der Waals surface area contributed by atoms with Gasteiger partial charge in [-0.25, -0.2) is 0 Å². The molecule has 1 heterocycles. The van der Waals surface area contributed by atoms with Crippen molar-refractivity contribution in [2.24, 2.45) is 0 Å². The minimum absolute atomic E-state index is 0.00552. The van der Waals surface area contributed by atoms with Crippen molar-refractivity contribution in [1.82, 2.24) is 5.32 Å². The van der Waals surface area contributed by atoms with Gasteiger partial charge in [0.15, 0.2) is 0 Å². The summed E-state index contributed by atoms with van der Waals surface area (Å²) in [5.41, 5.74) is 2.99. The predicted molar refractivity (Wildman–Crippen MR) is 96.8 cm³/mol. The molecular formula is C20H22N2O3. The molecule has 1 aliphatic rings. The molecule has 0 saturated carbocycles. The fraction of sp³-hybridized carbons (Fsp3) is 0.300. The zero-order valence-corrected chi connectivity index (χ0v) is 14.5. The summed E-state index contributed by atoms with van der Waals surface area (Å²) in [6.07, 6.45) is 1.42. The van der Waals surface area contributed by atoms with Crippen molar-refractivity contribution in [2.45, 2.75) is 25.8 Å². The minimum atomic E-state index is -0.563. The number of para-hydroxylation sites is 1. The number of anilines is 1. The van der Waals surface area contributed by atoms with Gasteiger partial charge in [0.05, 0.1) is 7.11 Å². The molecule has 0 aromatic heterocycles. The van der Waals surface area contributed by atoms with Crippen LogP contribution >= 0.6 is 0 Å². The molecule has 0 fully saturated rings. The third kappa shape index (κ3) is 3.65. The molecule has 2 aromatic carbocycles. The maximum atomic E-state index is 12.6. The molecule has 0 radical (unpaired) electrons. The van der Waals surface area contributed by atoms with Gasteiger partial charge in [-0.05, 0) is 49.1 Å². The number of hydrogen-bond donors (Lipinski definition) is 1. The van der Waals surface area contributed by atoms with E-state index in [2.05, 4.69) is 5.32 Å². The fourth-order valence-electron chi connectivity index (χ4n) is 3.21. The number of nitrogens with one attached hydrogen (secondary N) is 1. The lowest BCUT2D eigenvalue weighted by Crippen LogP contribution is -2.46. The fourth-order valence-corrected chi connectivity index (χ4v) is 3.21. The van der Waals surface area contributed by atoms with Crippen LogP contribution in [0.5, 0.6) is 5.75 Å². The van der Waals surface area contributed by atoms with Crippen LogP contribution in [-0.4, -0.2) is 31.5 Å². The Hall–Kier alpha value is -2.82. The normalized spacial score (nSPS) is 15.6. The van der Waals surface area contributed by atoms with E-state index >= 15 is 0 Å². The molecule has 5 heteroatoms. The number of amides is 2. The van der Waals surface area contributed by atoms with Gasteiger partial charge in [-0.3, -0.25) is 9.59 Å². The standard InChI is InChI=1S/C20H22N2O3/c1-14-12-16-7-3-4-9-18(16)22(14)20(24)19(23)21-11-10-15-6-5-8-17(13-15)25-2/h3-9,13-14H,10-12H2,1-2H3,(H,21,23). The highest BCUT2D eigenvalue weighted by atomic mass is 16.5. The molecule has 1 aliphatic heterocycles. The van der Waals surface area contributed by atoms with E-state index in [0.29, 0.717) is 13.0 Å². The van der Waals surface area contributed by atoms with Gasteiger partial charge in [0.1, 0.15) is 5.75 Å². The second-order valence-corrected chi connectivity index (χ2v) is 6.21. The Bertz CT molecular complexity index is 788. The highest BCUT2D eigenvalue weighted by Crippen LogP contribution is 2.31. The third-order valence-electron chi connectivity index (χ3n) is 4.45. The van der Waals surface area contributed by atoms with Crippen molar-refractivity contribution >= 4 is 17.5 Å². The van der Waals surface area contributed by atoms with Gasteiger partial charge in [0.25, 0.3) is 0 Å². The summed E-state index contributed by atoms with van der Waals surface area (Å²) in [6.45, 7) is 2.36. The van der Waals surface area contributed by atoms with Crippen LogP contribution in [0.4, 0.5) is 5.69 Å². The summed E-state index contributed by atoms with van der Waals surface area (Å²) in [5.74, 6) is -0.281. The smallest absolute Gasteiger partial charge is 0.316 e. The summed E-state index contributed by atoms with van der Waals surface area (Å²) < 4.78 is 5.18. The van der Waals surface area contributed by atoms with E-state index in [4.69, 9.17) is 4.74 Å². The summed E-state index contributed by atoms with van der Waals surface area (Å²) in [6, 6.07) is 15.4. The van der Waals surface area contributed by atoms with Gasteiger partial charge in [-0.2, -0.15) is 0 Å². The highest BCUT2D eigenvalue weighted by Gasteiger charge is 2.33. The van der Waals surface area contributed by atoms with Gasteiger partial charge >= 0.3 is 11.8 Å². The number of carbonyl (C=O) groups is 2. The molecule has 5 nitrogen and oxygen atoms in total. The molecule has 0 spiro atoms. The average molecular weight is 338 g/mol. The molecule has 0 aliphatic carbocycles. The summed E-state index contributed by atoms with van der Waals surface area (Å²) in [4.78, 5) is 26.4. The molecule has 2 amide bonds. The zero-order valence-electron chi connectivity index (χ0n) is 14.5. The lowest BCUT2D eigenvalue weighted by Gasteiger charge is -2.22. The molecular weight excluding hydrogens is 316 g/mol. The molecule has 0 bridgehead atoms. The van der Waals surface area contributed by atoms with Crippen molar-refractivity contribution in [1.29, 1.82) is 0 Å². The number of rotatable bonds is 4. The first-order chi connectivity index (χ1) is 12.1. The Kier molecular flexibility index (Phi) is 5.03. The Morgan fingerprint density at radius 3 is 2.80 bits per heavy atom. The summed E-state index contributed by atoms with van der Waals surface area (Å²) in [5, 5.41) is 2.73. The molecule has 1 atom stereocenters. The molecule has 3 rings (SSSR count). The summed E-state index contributed by atoms with van der Waals surface area (Å²) in [7, 11) is 1.62. The number of benzene rings is 2. The van der Waals surface area contributed by atoms with Crippen LogP contribution in [0.3, 0.4) is 0 Å². The maximum Gasteiger partial charge on any atom is 0.316 e. The number of fused-ring (bicyclic) bond motifs is 1. The van der Waals surface area contributed by atoms with Crippen LogP contribution in [0, 0.1) is 0 Å². The second-order valence-electron chi connectivity index (χ2n) is 6.21. The summed E-state index contributed by atoms with van der Waals surface area (Å²) >= 11 is 0. The highest BCUT2D eigenvalue weighted by molar-refractivity contribution is 6.40. The minimum Gasteiger partial charge on any atom is -0.497 e. The van der Waals surface area contributed by atoms with Crippen LogP contribution in [-0.2, 0) is 22.4 Å². The first kappa shape index (κ1) is 17.0.